The number of hydrogen-bond donors (Lipinski definition) is 7. The molecule has 70 heavy (non-hydrogen) atoms. The van der Waals surface area contributed by atoms with Crippen LogP contribution in [-0.4, -0.2) is 101 Å². The highest BCUT2D eigenvalue weighted by Gasteiger charge is 2.29. The molecule has 0 spiro atoms. The number of phenolic OH excluding ortho intramolecular Hbond substituents is 1. The lowest BCUT2D eigenvalue weighted by molar-refractivity contribution is -0.120. The van der Waals surface area contributed by atoms with E-state index in [1.165, 1.54) is 23.5 Å². The first-order valence-corrected chi connectivity index (χ1v) is 25.9. The van der Waals surface area contributed by atoms with Gasteiger partial charge in [0.1, 0.15) is 32.6 Å². The van der Waals surface area contributed by atoms with E-state index in [9.17, 15) is 72.0 Å². The third-order valence-electron chi connectivity index (χ3n) is 9.51. The fourth-order valence-corrected chi connectivity index (χ4v) is 9.63. The van der Waals surface area contributed by atoms with E-state index in [0.29, 0.717) is 32.1 Å². The molecule has 0 saturated carbocycles. The van der Waals surface area contributed by atoms with Crippen LogP contribution in [-0.2, 0) is 51.9 Å². The van der Waals surface area contributed by atoms with Crippen molar-refractivity contribution in [3.05, 3.63) is 83.9 Å². The quantitative estimate of drug-likeness (QED) is 0.0196. The van der Waals surface area contributed by atoms with Crippen molar-refractivity contribution in [2.45, 2.75) is 34.6 Å². The third-order valence-corrected chi connectivity index (χ3v) is 13.9. The zero-order valence-electron chi connectivity index (χ0n) is 35.0. The molecule has 0 aliphatic heterocycles. The molecule has 32 heteroatoms. The average molecular weight is 1060 g/mol. The summed E-state index contributed by atoms with van der Waals surface area (Å²) in [5.74, 6) is -3.66. The van der Waals surface area contributed by atoms with Gasteiger partial charge in [0.05, 0.1) is 45.5 Å². The number of aromatic nitrogens is 3. The van der Waals surface area contributed by atoms with Gasteiger partial charge in [-0.15, -0.1) is 35.8 Å². The second-order valence-electron chi connectivity index (χ2n) is 14.3. The van der Waals surface area contributed by atoms with Crippen LogP contribution in [0.5, 0.6) is 23.3 Å². The number of rotatable bonds is 18. The van der Waals surface area contributed by atoms with E-state index < -0.39 is 106 Å². The lowest BCUT2D eigenvalue weighted by Crippen LogP contribution is -2.08. The topological polar surface area (TPSA) is 419 Å². The third kappa shape index (κ3) is 11.3. The number of aliphatic hydroxyl groups excluding tert-OH is 1. The number of azo groups is 3. The Morgan fingerprint density at radius 2 is 1.41 bits per heavy atom. The maximum atomic E-state index is 13.0. The molecule has 2 aromatic heterocycles. The van der Waals surface area contributed by atoms with Crippen molar-refractivity contribution < 1.29 is 81.5 Å². The Balaban J connectivity index is 1.30. The van der Waals surface area contributed by atoms with E-state index in [0.717, 1.165) is 36.4 Å². The number of carbonyl (C=O) groups excluding carboxylic acids is 1. The number of benzene rings is 5. The van der Waals surface area contributed by atoms with Gasteiger partial charge in [-0.1, -0.05) is 17.4 Å². The van der Waals surface area contributed by atoms with Gasteiger partial charge in [0.2, 0.25) is 16.7 Å². The van der Waals surface area contributed by atoms with Crippen LogP contribution in [0.25, 0.3) is 26.7 Å². The van der Waals surface area contributed by atoms with Crippen LogP contribution >= 0.6 is 11.3 Å². The first-order valence-electron chi connectivity index (χ1n) is 19.1. The number of nitrogens with zero attached hydrogens (tertiary/aromatic N) is 9. The van der Waals surface area contributed by atoms with E-state index in [-0.39, 0.29) is 54.1 Å². The molecule has 7 rings (SSSR count). The summed E-state index contributed by atoms with van der Waals surface area (Å²) in [6, 6.07) is 14.1. The summed E-state index contributed by atoms with van der Waals surface area (Å²) >= 11 is 1.17. The van der Waals surface area contributed by atoms with Crippen LogP contribution in [0.3, 0.4) is 0 Å². The predicted octanol–water partition coefficient (Wildman–Crippen LogP) is 7.03. The van der Waals surface area contributed by atoms with Gasteiger partial charge < -0.3 is 24.8 Å². The van der Waals surface area contributed by atoms with Gasteiger partial charge in [-0.2, -0.15) is 38.4 Å². The molecule has 2 heterocycles. The van der Waals surface area contributed by atoms with Crippen LogP contribution in [0.15, 0.2) is 118 Å². The van der Waals surface area contributed by atoms with Crippen LogP contribution in [0.2, 0.25) is 0 Å². The summed E-state index contributed by atoms with van der Waals surface area (Å²) in [5.41, 5.74) is -1.04. The SMILES string of the molecule is Cc1cc(N=Nc2c(S(=O)(=O)O)cc3c(S(=O)(=O)O)c(N=Nc4c(OC=O)nn(-c5ccc(S(=O)(=O)O)cc5)c4O)ccc3c2O)c(OCCCS(=O)(=O)O)cc1N=Nc1nc2ccc(CO)cc2s1. The summed E-state index contributed by atoms with van der Waals surface area (Å²) in [4.78, 5) is 12.7. The zero-order chi connectivity index (χ0) is 50.9. The number of fused-ring (bicyclic) bond motifs is 2. The fourth-order valence-electron chi connectivity index (χ4n) is 6.35. The van der Waals surface area contributed by atoms with Gasteiger partial charge in [0.15, 0.2) is 5.75 Å². The second-order valence-corrected chi connectivity index (χ2v) is 21.0. The molecule has 27 nitrogen and oxygen atoms in total. The van der Waals surface area contributed by atoms with Crippen molar-refractivity contribution in [2.24, 2.45) is 30.7 Å². The van der Waals surface area contributed by atoms with Gasteiger partial charge in [-0.3, -0.25) is 23.0 Å². The predicted molar refractivity (Wildman–Crippen MR) is 243 cm³/mol. The van der Waals surface area contributed by atoms with E-state index in [2.05, 4.69) is 40.8 Å². The van der Waals surface area contributed by atoms with Crippen LogP contribution in [0.1, 0.15) is 17.5 Å². The smallest absolute Gasteiger partial charge is 0.299 e. The first kappa shape index (κ1) is 50.6. The molecule has 0 bridgehead atoms. The summed E-state index contributed by atoms with van der Waals surface area (Å²) in [7, 11) is -20.0. The van der Waals surface area contributed by atoms with Gasteiger partial charge >= 0.3 is 0 Å². The Hall–Kier alpha value is -7.27. The van der Waals surface area contributed by atoms with Crippen molar-refractivity contribution >= 4 is 113 Å². The first-order chi connectivity index (χ1) is 32.9. The molecule has 0 atom stereocenters. The number of hydrogen-bond acceptors (Lipinski definition) is 23. The van der Waals surface area contributed by atoms with Gasteiger partial charge in [0, 0.05) is 16.8 Å². The Bertz CT molecular complexity index is 3800. The molecule has 0 radical (unpaired) electrons. The highest BCUT2D eigenvalue weighted by Crippen LogP contribution is 2.47. The van der Waals surface area contributed by atoms with Gasteiger partial charge in [-0.05, 0) is 85.1 Å². The monoisotopic (exact) mass is 1060 g/mol. The largest absolute Gasteiger partial charge is 0.505 e. The lowest BCUT2D eigenvalue weighted by atomic mass is 10.1. The molecule has 7 aromatic rings. The molecule has 0 fully saturated rings. The van der Waals surface area contributed by atoms with E-state index in [1.54, 1.807) is 25.1 Å². The molecule has 366 valence electrons. The summed E-state index contributed by atoms with van der Waals surface area (Å²) < 4.78 is 149. The van der Waals surface area contributed by atoms with Crippen molar-refractivity contribution in [3.8, 4) is 28.9 Å². The maximum absolute atomic E-state index is 13.0. The Labute approximate surface area is 397 Å². The molecule has 5 aromatic carbocycles. The molecular formula is C38H31N9O18S5. The molecule has 0 aliphatic rings. The summed E-state index contributed by atoms with van der Waals surface area (Å²) in [5, 5.41) is 58.4. The zero-order valence-corrected chi connectivity index (χ0v) is 39.1. The number of carbonyl (C=O) groups is 1. The Morgan fingerprint density at radius 1 is 0.729 bits per heavy atom. The van der Waals surface area contributed by atoms with Crippen LogP contribution in [0.4, 0.5) is 33.6 Å². The molecule has 0 unspecified atom stereocenters. The minimum absolute atomic E-state index is 0.0818. The minimum Gasteiger partial charge on any atom is -0.505 e. The summed E-state index contributed by atoms with van der Waals surface area (Å²) in [6.07, 6.45) is -0.230. The molecular weight excluding hydrogens is 1030 g/mol. The number of aromatic hydroxyl groups is 2. The number of aryl methyl sites for hydroxylation is 1. The fraction of sp³-hybridized carbons (Fsp3) is 0.132. The lowest BCUT2D eigenvalue weighted by Gasteiger charge is -2.13. The van der Waals surface area contributed by atoms with E-state index in [1.807, 2.05) is 0 Å². The van der Waals surface area contributed by atoms with Crippen LogP contribution in [0, 0.1) is 6.92 Å². The molecule has 0 aliphatic carbocycles. The highest BCUT2D eigenvalue weighted by molar-refractivity contribution is 7.86. The minimum atomic E-state index is -5.50. The van der Waals surface area contributed by atoms with Gasteiger partial charge in [0.25, 0.3) is 52.8 Å². The van der Waals surface area contributed by atoms with Crippen molar-refractivity contribution in [1.29, 1.82) is 0 Å². The molecule has 0 saturated heterocycles. The van der Waals surface area contributed by atoms with E-state index >= 15 is 0 Å². The normalized spacial score (nSPS) is 12.8. The van der Waals surface area contributed by atoms with Crippen LogP contribution < -0.4 is 9.47 Å². The average Bonchev–Trinajstić information content (AvgIpc) is 3.84. The number of thiazole rings is 1. The summed E-state index contributed by atoms with van der Waals surface area (Å²) in [6.45, 7) is 0.889. The Morgan fingerprint density at radius 3 is 2.06 bits per heavy atom. The molecule has 0 amide bonds. The Kier molecular flexibility index (Phi) is 14.2. The van der Waals surface area contributed by atoms with Gasteiger partial charge in [-0.25, -0.2) is 4.98 Å². The highest BCUT2D eigenvalue weighted by atomic mass is 32.2. The molecule has 7 N–H and O–H groups in total. The van der Waals surface area contributed by atoms with Crippen molar-refractivity contribution in [3.63, 3.8) is 0 Å². The standard InChI is InChI=1S/C38H31N9O18S5/c1-19-13-28(29(64-11-2-12-67(52,53)54)16-27(19)41-45-38-39-25-9-3-20(17-48)14-30(25)66-38)42-43-32-31(69(58,59)60)15-24-23(34(32)50)8-10-26(35(24)70(61,62)63)40-44-33-36(65-18-49)46-47(37(33)51)21-4-6-22(7-5-21)68(55,56)57/h3-10,13-16,18,48,50-51H,2,11-12,17H2,1H3,(H,52,53,54)(H,55,56,57)(H,58,59,60)(H,61,62,63). The number of aliphatic hydroxyl groups is 1. The van der Waals surface area contributed by atoms with Crippen molar-refractivity contribution in [1.82, 2.24) is 14.8 Å². The second kappa shape index (κ2) is 19.6. The van der Waals surface area contributed by atoms with E-state index in [4.69, 9.17) is 9.47 Å². The number of phenols is 1. The number of ether oxygens (including phenoxy) is 2. The maximum Gasteiger partial charge on any atom is 0.299 e. The van der Waals surface area contributed by atoms with Crippen molar-refractivity contribution in [2.75, 3.05) is 12.4 Å².